The average Bonchev–Trinajstić information content (AvgIpc) is 2.44. The number of hydrogen-bond donors (Lipinski definition) is 0. The maximum Gasteiger partial charge on any atom is 0.188 e. The quantitative estimate of drug-likeness (QED) is 0.523. The average molecular weight is 178 g/mol. The predicted octanol–water partition coefficient (Wildman–Crippen LogP) is 1.88. The summed E-state index contributed by atoms with van der Waals surface area (Å²) in [5.41, 5.74) is 1.60. The van der Waals surface area contributed by atoms with Crippen LogP contribution < -0.4 is 0 Å². The van der Waals surface area contributed by atoms with E-state index in [4.69, 9.17) is 0 Å². The first-order valence-electron chi connectivity index (χ1n) is 4.36. The smallest absolute Gasteiger partial charge is 0.188 e. The summed E-state index contributed by atoms with van der Waals surface area (Å²) in [7, 11) is 1.83. The molecule has 0 fully saturated rings. The van der Waals surface area contributed by atoms with Gasteiger partial charge in [0.15, 0.2) is 5.78 Å². The molecule has 3 nitrogen and oxygen atoms in total. The summed E-state index contributed by atoms with van der Waals surface area (Å²) in [5.74, 6) is 0.0347. The molecule has 0 aliphatic carbocycles. The third-order valence-corrected chi connectivity index (χ3v) is 2.01. The summed E-state index contributed by atoms with van der Waals surface area (Å²) in [6.45, 7) is 3.89. The summed E-state index contributed by atoms with van der Waals surface area (Å²) >= 11 is 0. The van der Waals surface area contributed by atoms with E-state index in [9.17, 15) is 4.79 Å². The van der Waals surface area contributed by atoms with E-state index in [0.29, 0.717) is 5.56 Å². The van der Waals surface area contributed by atoms with Crippen LogP contribution in [-0.4, -0.2) is 15.6 Å². The Morgan fingerprint density at radius 3 is 2.85 bits per heavy atom. The molecule has 0 saturated heterocycles. The van der Waals surface area contributed by atoms with Gasteiger partial charge in [-0.15, -0.1) is 0 Å². The van der Waals surface area contributed by atoms with E-state index in [0.717, 1.165) is 12.1 Å². The standard InChI is InChI=1S/C10H14N2O/c1-4-5-6-10(13)9-7-11-12(3)8(9)2/h5-7H,4H2,1-3H3/b6-5+. The van der Waals surface area contributed by atoms with Crippen LogP contribution in [0, 0.1) is 6.92 Å². The molecule has 0 spiro atoms. The van der Waals surface area contributed by atoms with Crippen LogP contribution in [0.15, 0.2) is 18.3 Å². The predicted molar refractivity (Wildman–Crippen MR) is 51.7 cm³/mol. The third kappa shape index (κ3) is 2.05. The molecule has 0 aliphatic rings. The van der Waals surface area contributed by atoms with Gasteiger partial charge >= 0.3 is 0 Å². The highest BCUT2D eigenvalue weighted by Gasteiger charge is 2.08. The molecule has 0 N–H and O–H groups in total. The Hall–Kier alpha value is -1.38. The van der Waals surface area contributed by atoms with Gasteiger partial charge in [0.2, 0.25) is 0 Å². The molecule has 1 heterocycles. The molecular formula is C10H14N2O. The van der Waals surface area contributed by atoms with Crippen LogP contribution in [0.4, 0.5) is 0 Å². The zero-order valence-corrected chi connectivity index (χ0v) is 8.24. The second kappa shape index (κ2) is 4.03. The monoisotopic (exact) mass is 178 g/mol. The first kappa shape index (κ1) is 9.71. The lowest BCUT2D eigenvalue weighted by Gasteiger charge is -1.94. The van der Waals surface area contributed by atoms with E-state index in [-0.39, 0.29) is 5.78 Å². The minimum atomic E-state index is 0.0347. The lowest BCUT2D eigenvalue weighted by atomic mass is 10.1. The number of carbonyl (C=O) groups is 1. The van der Waals surface area contributed by atoms with Gasteiger partial charge in [0.05, 0.1) is 11.8 Å². The van der Waals surface area contributed by atoms with Gasteiger partial charge in [0.25, 0.3) is 0 Å². The van der Waals surface area contributed by atoms with Crippen molar-refractivity contribution >= 4 is 5.78 Å². The lowest BCUT2D eigenvalue weighted by molar-refractivity contribution is 0.104. The van der Waals surface area contributed by atoms with Crippen LogP contribution >= 0.6 is 0 Å². The van der Waals surface area contributed by atoms with Crippen LogP contribution in [-0.2, 0) is 7.05 Å². The third-order valence-electron chi connectivity index (χ3n) is 2.01. The van der Waals surface area contributed by atoms with Gasteiger partial charge < -0.3 is 0 Å². The molecule has 13 heavy (non-hydrogen) atoms. The van der Waals surface area contributed by atoms with E-state index in [1.807, 2.05) is 27.0 Å². The van der Waals surface area contributed by atoms with Gasteiger partial charge in [0.1, 0.15) is 0 Å². The Morgan fingerprint density at radius 2 is 2.38 bits per heavy atom. The van der Waals surface area contributed by atoms with Crippen molar-refractivity contribution in [1.82, 2.24) is 9.78 Å². The topological polar surface area (TPSA) is 34.9 Å². The number of aromatic nitrogens is 2. The second-order valence-corrected chi connectivity index (χ2v) is 2.94. The summed E-state index contributed by atoms with van der Waals surface area (Å²) in [6, 6.07) is 0. The lowest BCUT2D eigenvalue weighted by Crippen LogP contribution is -1.98. The van der Waals surface area contributed by atoms with Crippen LogP contribution in [0.5, 0.6) is 0 Å². The van der Waals surface area contributed by atoms with Crippen molar-refractivity contribution in [2.24, 2.45) is 7.05 Å². The second-order valence-electron chi connectivity index (χ2n) is 2.94. The largest absolute Gasteiger partial charge is 0.289 e. The number of allylic oxidation sites excluding steroid dienone is 2. The van der Waals surface area contributed by atoms with Crippen LogP contribution in [0.1, 0.15) is 29.4 Å². The van der Waals surface area contributed by atoms with Gasteiger partial charge in [-0.05, 0) is 19.4 Å². The van der Waals surface area contributed by atoms with Crippen molar-refractivity contribution in [3.8, 4) is 0 Å². The Balaban J connectivity index is 2.89. The van der Waals surface area contributed by atoms with Crippen molar-refractivity contribution in [3.63, 3.8) is 0 Å². The number of rotatable bonds is 3. The Bertz CT molecular complexity index is 337. The van der Waals surface area contributed by atoms with E-state index >= 15 is 0 Å². The molecule has 70 valence electrons. The minimum absolute atomic E-state index is 0.0347. The number of hydrogen-bond acceptors (Lipinski definition) is 2. The molecule has 0 radical (unpaired) electrons. The number of aryl methyl sites for hydroxylation is 1. The first-order chi connectivity index (χ1) is 6.16. The van der Waals surface area contributed by atoms with Gasteiger partial charge in [-0.3, -0.25) is 9.48 Å². The summed E-state index contributed by atoms with van der Waals surface area (Å²) in [5, 5.41) is 4.01. The molecule has 0 amide bonds. The van der Waals surface area contributed by atoms with Crippen LogP contribution in [0.25, 0.3) is 0 Å². The number of nitrogens with zero attached hydrogens (tertiary/aromatic N) is 2. The fourth-order valence-corrected chi connectivity index (χ4v) is 1.06. The van der Waals surface area contributed by atoms with E-state index < -0.39 is 0 Å². The van der Waals surface area contributed by atoms with E-state index in [1.165, 1.54) is 0 Å². The van der Waals surface area contributed by atoms with Gasteiger partial charge in [-0.2, -0.15) is 5.10 Å². The highest BCUT2D eigenvalue weighted by atomic mass is 16.1. The van der Waals surface area contributed by atoms with E-state index in [1.54, 1.807) is 17.0 Å². The fourth-order valence-electron chi connectivity index (χ4n) is 1.06. The minimum Gasteiger partial charge on any atom is -0.289 e. The van der Waals surface area contributed by atoms with Gasteiger partial charge in [-0.1, -0.05) is 13.0 Å². The highest BCUT2D eigenvalue weighted by Crippen LogP contribution is 2.07. The fraction of sp³-hybridized carbons (Fsp3) is 0.400. The van der Waals surface area contributed by atoms with Crippen molar-refractivity contribution in [1.29, 1.82) is 0 Å². The Morgan fingerprint density at radius 1 is 1.69 bits per heavy atom. The first-order valence-corrected chi connectivity index (χ1v) is 4.36. The number of carbonyl (C=O) groups excluding carboxylic acids is 1. The molecule has 3 heteroatoms. The zero-order valence-electron chi connectivity index (χ0n) is 8.24. The molecule has 0 unspecified atom stereocenters. The van der Waals surface area contributed by atoms with E-state index in [2.05, 4.69) is 5.10 Å². The summed E-state index contributed by atoms with van der Waals surface area (Å²) in [4.78, 5) is 11.5. The summed E-state index contributed by atoms with van der Waals surface area (Å²) in [6.07, 6.45) is 5.95. The van der Waals surface area contributed by atoms with Crippen molar-refractivity contribution in [2.75, 3.05) is 0 Å². The van der Waals surface area contributed by atoms with Crippen molar-refractivity contribution in [3.05, 3.63) is 29.6 Å². The van der Waals surface area contributed by atoms with Crippen molar-refractivity contribution < 1.29 is 4.79 Å². The normalized spacial score (nSPS) is 11.0. The molecular weight excluding hydrogens is 164 g/mol. The molecule has 0 atom stereocenters. The maximum absolute atomic E-state index is 11.5. The molecule has 1 aromatic rings. The Labute approximate surface area is 78.1 Å². The molecule has 1 aromatic heterocycles. The van der Waals surface area contributed by atoms with Gasteiger partial charge in [-0.25, -0.2) is 0 Å². The maximum atomic E-state index is 11.5. The zero-order chi connectivity index (χ0) is 9.84. The molecule has 0 aliphatic heterocycles. The summed E-state index contributed by atoms with van der Waals surface area (Å²) < 4.78 is 1.70. The van der Waals surface area contributed by atoms with Crippen LogP contribution in [0.3, 0.4) is 0 Å². The SMILES string of the molecule is CC/C=C/C(=O)c1cnn(C)c1C. The molecule has 0 bridgehead atoms. The number of ketones is 1. The molecule has 0 saturated carbocycles. The highest BCUT2D eigenvalue weighted by molar-refractivity contribution is 6.05. The Kier molecular flexibility index (Phi) is 3.01. The van der Waals surface area contributed by atoms with Gasteiger partial charge in [0, 0.05) is 12.7 Å². The van der Waals surface area contributed by atoms with Crippen molar-refractivity contribution in [2.45, 2.75) is 20.3 Å². The van der Waals surface area contributed by atoms with Crippen LogP contribution in [0.2, 0.25) is 0 Å². The molecule has 1 rings (SSSR count). The molecule has 0 aromatic carbocycles.